The summed E-state index contributed by atoms with van der Waals surface area (Å²) in [5.74, 6) is 2.91. The molecule has 1 heterocycles. The Morgan fingerprint density at radius 1 is 1.17 bits per heavy atom. The Hall–Kier alpha value is -1.12. The zero-order valence-electron chi connectivity index (χ0n) is 14.7. The molecule has 3 heteroatoms. The summed E-state index contributed by atoms with van der Waals surface area (Å²) >= 11 is 0. The molecule has 2 saturated carbocycles. The molecule has 0 aromatic carbocycles. The molecule has 0 aromatic heterocycles. The molecular formula is C20H29NO2. The monoisotopic (exact) mass is 315 g/mol. The molecule has 0 spiro atoms. The first-order chi connectivity index (χ1) is 10.9. The summed E-state index contributed by atoms with van der Waals surface area (Å²) in [7, 11) is 0. The number of ketones is 1. The molecular weight excluding hydrogens is 286 g/mol. The zero-order chi connectivity index (χ0) is 16.4. The van der Waals surface area contributed by atoms with E-state index in [9.17, 15) is 9.59 Å². The van der Waals surface area contributed by atoms with Gasteiger partial charge in [0.1, 0.15) is 5.78 Å². The third kappa shape index (κ3) is 2.01. The minimum atomic E-state index is 0.145. The van der Waals surface area contributed by atoms with Crippen LogP contribution in [0.3, 0.4) is 0 Å². The molecule has 4 rings (SSSR count). The summed E-state index contributed by atoms with van der Waals surface area (Å²) in [5, 5.41) is 3.16. The normalized spacial score (nSPS) is 48.7. The number of allylic oxidation sites excluding steroid dienone is 2. The highest BCUT2D eigenvalue weighted by atomic mass is 16.1. The molecule has 3 nitrogen and oxygen atoms in total. The fraction of sp³-hybridized carbons (Fsp3) is 0.800. The number of amides is 1. The van der Waals surface area contributed by atoms with Crippen molar-refractivity contribution >= 4 is 11.7 Å². The van der Waals surface area contributed by atoms with Crippen LogP contribution in [0.5, 0.6) is 0 Å². The number of carbonyl (C=O) groups excluding carboxylic acids is 2. The molecule has 0 radical (unpaired) electrons. The van der Waals surface area contributed by atoms with Gasteiger partial charge in [-0.1, -0.05) is 19.9 Å². The molecule has 1 amide bonds. The molecule has 23 heavy (non-hydrogen) atoms. The third-order valence-corrected chi connectivity index (χ3v) is 8.10. The standard InChI is InChI=1S/C20H29NO2/c1-12(22)14-5-6-15-13-4-7-17-20(3,11-9-18(23)21-17)16(13)8-10-19(14,15)2/h7,13-16H,4-6,8-11H2,1-3H3,(H,21,23). The van der Waals surface area contributed by atoms with Crippen LogP contribution < -0.4 is 5.32 Å². The Morgan fingerprint density at radius 3 is 2.70 bits per heavy atom. The molecule has 0 bridgehead atoms. The highest BCUT2D eigenvalue weighted by molar-refractivity contribution is 5.80. The van der Waals surface area contributed by atoms with E-state index in [4.69, 9.17) is 0 Å². The zero-order valence-corrected chi connectivity index (χ0v) is 14.7. The van der Waals surface area contributed by atoms with Crippen molar-refractivity contribution in [1.29, 1.82) is 0 Å². The van der Waals surface area contributed by atoms with Gasteiger partial charge in [-0.05, 0) is 68.6 Å². The van der Waals surface area contributed by atoms with Crippen LogP contribution in [0, 0.1) is 34.5 Å². The largest absolute Gasteiger partial charge is 0.330 e. The molecule has 1 saturated heterocycles. The van der Waals surface area contributed by atoms with Crippen molar-refractivity contribution in [2.24, 2.45) is 34.5 Å². The van der Waals surface area contributed by atoms with Gasteiger partial charge in [-0.25, -0.2) is 0 Å². The van der Waals surface area contributed by atoms with E-state index in [2.05, 4.69) is 25.2 Å². The highest BCUT2D eigenvalue weighted by Gasteiger charge is 2.59. The maximum Gasteiger partial charge on any atom is 0.224 e. The van der Waals surface area contributed by atoms with Crippen molar-refractivity contribution in [3.05, 3.63) is 11.8 Å². The van der Waals surface area contributed by atoms with Crippen molar-refractivity contribution < 1.29 is 9.59 Å². The SMILES string of the molecule is CC(=O)C1CCC2C3CC=C4NC(=O)CCC4(C)C3CCC12C. The molecule has 1 N–H and O–H groups in total. The van der Waals surface area contributed by atoms with E-state index in [1.54, 1.807) is 6.92 Å². The van der Waals surface area contributed by atoms with Crippen LogP contribution in [0.2, 0.25) is 0 Å². The average Bonchev–Trinajstić information content (AvgIpc) is 2.85. The minimum Gasteiger partial charge on any atom is -0.330 e. The van der Waals surface area contributed by atoms with Gasteiger partial charge in [0.25, 0.3) is 0 Å². The lowest BCUT2D eigenvalue weighted by Gasteiger charge is -2.57. The number of piperidine rings is 1. The predicted octanol–water partition coefficient (Wildman–Crippen LogP) is 3.84. The smallest absolute Gasteiger partial charge is 0.224 e. The van der Waals surface area contributed by atoms with Crippen LogP contribution in [0.1, 0.15) is 65.7 Å². The van der Waals surface area contributed by atoms with Crippen molar-refractivity contribution in [2.45, 2.75) is 65.7 Å². The summed E-state index contributed by atoms with van der Waals surface area (Å²) in [6.07, 6.45) is 9.74. The summed E-state index contributed by atoms with van der Waals surface area (Å²) in [6.45, 7) is 6.55. The molecule has 0 aromatic rings. The van der Waals surface area contributed by atoms with Crippen molar-refractivity contribution in [1.82, 2.24) is 5.32 Å². The quantitative estimate of drug-likeness (QED) is 0.799. The second kappa shape index (κ2) is 4.94. The fourth-order valence-electron chi connectivity index (χ4n) is 6.86. The molecule has 3 aliphatic carbocycles. The molecule has 3 fully saturated rings. The van der Waals surface area contributed by atoms with E-state index in [1.807, 2.05) is 0 Å². The van der Waals surface area contributed by atoms with Gasteiger partial charge in [-0.2, -0.15) is 0 Å². The van der Waals surface area contributed by atoms with Gasteiger partial charge in [0, 0.05) is 23.5 Å². The second-order valence-electron chi connectivity index (χ2n) is 8.98. The Kier molecular flexibility index (Phi) is 3.31. The van der Waals surface area contributed by atoms with Crippen LogP contribution in [0.15, 0.2) is 11.8 Å². The predicted molar refractivity (Wildman–Crippen MR) is 89.4 cm³/mol. The van der Waals surface area contributed by atoms with Gasteiger partial charge in [0.2, 0.25) is 5.91 Å². The number of Topliss-reactive ketones (excluding diaryl/α,β-unsaturated/α-hetero) is 1. The van der Waals surface area contributed by atoms with Crippen LogP contribution >= 0.6 is 0 Å². The number of hydrogen-bond donors (Lipinski definition) is 1. The third-order valence-electron chi connectivity index (χ3n) is 8.10. The van der Waals surface area contributed by atoms with Crippen LogP contribution in [0.4, 0.5) is 0 Å². The highest BCUT2D eigenvalue weighted by Crippen LogP contribution is 2.65. The maximum atomic E-state index is 12.1. The van der Waals surface area contributed by atoms with E-state index in [0.29, 0.717) is 30.0 Å². The first kappa shape index (κ1) is 15.4. The molecule has 126 valence electrons. The van der Waals surface area contributed by atoms with Gasteiger partial charge in [-0.3, -0.25) is 9.59 Å². The number of fused-ring (bicyclic) bond motifs is 5. The summed E-state index contributed by atoms with van der Waals surface area (Å²) in [4.78, 5) is 23.9. The van der Waals surface area contributed by atoms with Gasteiger partial charge in [0.05, 0.1) is 0 Å². The molecule has 6 unspecified atom stereocenters. The lowest BCUT2D eigenvalue weighted by molar-refractivity contribution is -0.129. The van der Waals surface area contributed by atoms with E-state index in [0.717, 1.165) is 19.3 Å². The van der Waals surface area contributed by atoms with Gasteiger partial charge in [0.15, 0.2) is 0 Å². The summed E-state index contributed by atoms with van der Waals surface area (Å²) < 4.78 is 0. The maximum absolute atomic E-state index is 12.1. The Bertz CT molecular complexity index is 594. The van der Waals surface area contributed by atoms with E-state index in [-0.39, 0.29) is 22.7 Å². The molecule has 4 aliphatic rings. The van der Waals surface area contributed by atoms with E-state index < -0.39 is 0 Å². The molecule has 1 aliphatic heterocycles. The summed E-state index contributed by atoms with van der Waals surface area (Å²) in [6, 6.07) is 0. The lowest BCUT2D eigenvalue weighted by atomic mass is 9.49. The average molecular weight is 315 g/mol. The summed E-state index contributed by atoms with van der Waals surface area (Å²) in [5.41, 5.74) is 1.55. The second-order valence-corrected chi connectivity index (χ2v) is 8.98. The number of hydrogen-bond acceptors (Lipinski definition) is 2. The molecule has 6 atom stereocenters. The lowest BCUT2D eigenvalue weighted by Crippen LogP contribution is -2.53. The van der Waals surface area contributed by atoms with Crippen molar-refractivity contribution in [3.63, 3.8) is 0 Å². The number of carbonyl (C=O) groups is 2. The fourth-order valence-corrected chi connectivity index (χ4v) is 6.86. The van der Waals surface area contributed by atoms with Gasteiger partial charge >= 0.3 is 0 Å². The number of rotatable bonds is 1. The van der Waals surface area contributed by atoms with Crippen molar-refractivity contribution in [3.8, 4) is 0 Å². The number of nitrogens with one attached hydrogen (secondary N) is 1. The van der Waals surface area contributed by atoms with E-state index >= 15 is 0 Å². The van der Waals surface area contributed by atoms with Crippen LogP contribution in [-0.2, 0) is 9.59 Å². The van der Waals surface area contributed by atoms with Crippen LogP contribution in [0.25, 0.3) is 0 Å². The minimum absolute atomic E-state index is 0.145. The topological polar surface area (TPSA) is 46.2 Å². The Labute approximate surface area is 139 Å². The van der Waals surface area contributed by atoms with Crippen LogP contribution in [-0.4, -0.2) is 11.7 Å². The Balaban J connectivity index is 1.67. The van der Waals surface area contributed by atoms with Gasteiger partial charge < -0.3 is 5.32 Å². The first-order valence-corrected chi connectivity index (χ1v) is 9.37. The first-order valence-electron chi connectivity index (χ1n) is 9.37. The Morgan fingerprint density at radius 2 is 1.96 bits per heavy atom. The van der Waals surface area contributed by atoms with Gasteiger partial charge in [-0.15, -0.1) is 0 Å². The van der Waals surface area contributed by atoms with E-state index in [1.165, 1.54) is 25.0 Å². The van der Waals surface area contributed by atoms with Crippen molar-refractivity contribution in [2.75, 3.05) is 0 Å².